The van der Waals surface area contributed by atoms with Crippen LogP contribution in [0.4, 0.5) is 0 Å². The topological polar surface area (TPSA) is 237 Å². The number of phosphoric ester groups is 2. The Morgan fingerprint density at radius 1 is 0.290 bits per heavy atom. The first-order valence-corrected chi connectivity index (χ1v) is 41.6. The largest absolute Gasteiger partial charge is 0.472 e. The number of esters is 4. The van der Waals surface area contributed by atoms with Gasteiger partial charge in [0.15, 0.2) is 12.2 Å². The summed E-state index contributed by atoms with van der Waals surface area (Å²) in [5.41, 5.74) is 0. The highest BCUT2D eigenvalue weighted by atomic mass is 31.2. The van der Waals surface area contributed by atoms with Crippen LogP contribution < -0.4 is 0 Å². The van der Waals surface area contributed by atoms with Gasteiger partial charge in [0.25, 0.3) is 0 Å². The van der Waals surface area contributed by atoms with E-state index >= 15 is 0 Å². The molecule has 2 unspecified atom stereocenters. The van der Waals surface area contributed by atoms with Gasteiger partial charge < -0.3 is 33.8 Å². The molecule has 0 rings (SSSR count). The van der Waals surface area contributed by atoms with E-state index in [0.29, 0.717) is 25.7 Å². The highest BCUT2D eigenvalue weighted by Gasteiger charge is 2.30. The maximum Gasteiger partial charge on any atom is 0.472 e. The molecule has 0 amide bonds. The zero-order valence-corrected chi connectivity index (χ0v) is 62.2. The minimum Gasteiger partial charge on any atom is -0.462 e. The molecule has 19 heteroatoms. The van der Waals surface area contributed by atoms with Gasteiger partial charge in [-0.25, -0.2) is 9.13 Å². The molecule has 0 fully saturated rings. The molecule has 17 nitrogen and oxygen atoms in total. The molecular weight excluding hydrogens is 1220 g/mol. The van der Waals surface area contributed by atoms with E-state index < -0.39 is 97.5 Å². The molecule has 0 aliphatic rings. The summed E-state index contributed by atoms with van der Waals surface area (Å²) < 4.78 is 68.3. The lowest BCUT2D eigenvalue weighted by molar-refractivity contribution is -0.161. The van der Waals surface area contributed by atoms with Gasteiger partial charge in [-0.15, -0.1) is 0 Å². The summed E-state index contributed by atoms with van der Waals surface area (Å²) in [5, 5.41) is 10.6. The second-order valence-electron chi connectivity index (χ2n) is 27.2. The van der Waals surface area contributed by atoms with Gasteiger partial charge in [-0.05, 0) is 31.6 Å². The summed E-state index contributed by atoms with van der Waals surface area (Å²) in [6.07, 6.45) is 55.6. The summed E-state index contributed by atoms with van der Waals surface area (Å²) in [6, 6.07) is 0. The van der Waals surface area contributed by atoms with Crippen molar-refractivity contribution in [3.63, 3.8) is 0 Å². The molecule has 0 bridgehead atoms. The second kappa shape index (κ2) is 67.3. The third-order valence-electron chi connectivity index (χ3n) is 17.3. The highest BCUT2D eigenvalue weighted by molar-refractivity contribution is 7.47. The van der Waals surface area contributed by atoms with Crippen LogP contribution in [0.25, 0.3) is 0 Å². The normalized spacial score (nSPS) is 14.0. The number of aliphatic hydroxyl groups excluding tert-OH is 1. The maximum atomic E-state index is 13.1. The average molecular weight is 1370 g/mol. The van der Waals surface area contributed by atoms with E-state index in [-0.39, 0.29) is 25.7 Å². The van der Waals surface area contributed by atoms with E-state index in [0.717, 1.165) is 109 Å². The molecular formula is C74H144O17P2. The molecule has 0 aliphatic heterocycles. The van der Waals surface area contributed by atoms with Crippen molar-refractivity contribution in [3.8, 4) is 0 Å². The van der Waals surface area contributed by atoms with Crippen molar-refractivity contribution in [1.82, 2.24) is 0 Å². The standard InChI is InChI=1S/C74H144O17P2/c1-6-9-12-15-18-20-22-24-25-26-27-28-31-36-40-45-50-55-60-74(79)91-70(64-85-72(77)58-53-48-43-38-35-32-29-30-33-37-42-46-51-56-67(4)5)66-89-93(82,83)87-62-68(75)61-86-92(80,81)88-65-69(63-84-71(76)57-52-47-41-17-14-11-8-3)90-73(78)59-54-49-44-39-34-23-21-19-16-13-10-7-2/h67-70,75H,6-66H2,1-5H3,(H,80,81)(H,82,83)/t68-,69+,70+/m0/s1. The fraction of sp³-hybridized carbons (Fsp3) is 0.946. The fourth-order valence-electron chi connectivity index (χ4n) is 11.4. The van der Waals surface area contributed by atoms with Gasteiger partial charge in [0.1, 0.15) is 19.3 Å². The number of hydrogen-bond donors (Lipinski definition) is 3. The molecule has 0 heterocycles. The molecule has 5 atom stereocenters. The van der Waals surface area contributed by atoms with Crippen LogP contribution in [0.15, 0.2) is 0 Å². The molecule has 0 aromatic carbocycles. The van der Waals surface area contributed by atoms with E-state index in [2.05, 4.69) is 34.6 Å². The number of rotatable bonds is 74. The fourth-order valence-corrected chi connectivity index (χ4v) is 12.9. The van der Waals surface area contributed by atoms with Crippen molar-refractivity contribution in [2.75, 3.05) is 39.6 Å². The number of ether oxygens (including phenoxy) is 4. The van der Waals surface area contributed by atoms with Gasteiger partial charge in [-0.1, -0.05) is 336 Å². The van der Waals surface area contributed by atoms with Crippen LogP contribution in [-0.4, -0.2) is 96.7 Å². The molecule has 0 aromatic rings. The Morgan fingerprint density at radius 3 is 0.731 bits per heavy atom. The van der Waals surface area contributed by atoms with Crippen molar-refractivity contribution in [2.24, 2.45) is 5.92 Å². The van der Waals surface area contributed by atoms with Crippen molar-refractivity contribution in [1.29, 1.82) is 0 Å². The predicted molar refractivity (Wildman–Crippen MR) is 377 cm³/mol. The zero-order chi connectivity index (χ0) is 68.4. The molecule has 0 aromatic heterocycles. The van der Waals surface area contributed by atoms with Crippen molar-refractivity contribution < 1.29 is 80.2 Å². The Hall–Kier alpha value is -1.94. The molecule has 0 radical (unpaired) electrons. The van der Waals surface area contributed by atoms with Gasteiger partial charge >= 0.3 is 39.5 Å². The van der Waals surface area contributed by atoms with E-state index in [1.165, 1.54) is 199 Å². The third kappa shape index (κ3) is 68.4. The minimum atomic E-state index is -4.95. The first-order chi connectivity index (χ1) is 45.0. The third-order valence-corrected chi connectivity index (χ3v) is 19.2. The molecule has 0 saturated carbocycles. The lowest BCUT2D eigenvalue weighted by Gasteiger charge is -2.21. The van der Waals surface area contributed by atoms with Crippen molar-refractivity contribution in [3.05, 3.63) is 0 Å². The van der Waals surface area contributed by atoms with Crippen molar-refractivity contribution in [2.45, 2.75) is 406 Å². The SMILES string of the molecule is CCCCCCCCCCCCCCCCCCCCC(=O)O[C@H](COC(=O)CCCCCCCCCCCCCCCC(C)C)COP(=O)(O)OC[C@@H](O)COP(=O)(O)OC[C@@H](COC(=O)CCCCCCCCC)OC(=O)CCCCCCCCCCCCCC. The average Bonchev–Trinajstić information content (AvgIpc) is 2.77. The van der Waals surface area contributed by atoms with Gasteiger partial charge in [0, 0.05) is 25.7 Å². The number of aliphatic hydroxyl groups is 1. The molecule has 0 spiro atoms. The molecule has 0 saturated heterocycles. The Kier molecular flexibility index (Phi) is 65.9. The van der Waals surface area contributed by atoms with Crippen LogP contribution in [0.2, 0.25) is 0 Å². The van der Waals surface area contributed by atoms with E-state index in [4.69, 9.17) is 37.0 Å². The molecule has 93 heavy (non-hydrogen) atoms. The smallest absolute Gasteiger partial charge is 0.462 e. The molecule has 552 valence electrons. The molecule has 0 aliphatic carbocycles. The minimum absolute atomic E-state index is 0.107. The van der Waals surface area contributed by atoms with Crippen LogP contribution in [0.3, 0.4) is 0 Å². The Bertz CT molecular complexity index is 1790. The maximum absolute atomic E-state index is 13.1. The van der Waals surface area contributed by atoms with Crippen molar-refractivity contribution >= 4 is 39.5 Å². The van der Waals surface area contributed by atoms with Crippen LogP contribution in [-0.2, 0) is 65.4 Å². The first-order valence-electron chi connectivity index (χ1n) is 38.6. The summed E-state index contributed by atoms with van der Waals surface area (Å²) in [4.78, 5) is 72.6. The van der Waals surface area contributed by atoms with Crippen LogP contribution >= 0.6 is 15.6 Å². The summed E-state index contributed by atoms with van der Waals surface area (Å²) in [5.74, 6) is -1.33. The summed E-state index contributed by atoms with van der Waals surface area (Å²) in [7, 11) is -9.90. The number of hydrogen-bond acceptors (Lipinski definition) is 15. The highest BCUT2D eigenvalue weighted by Crippen LogP contribution is 2.45. The van der Waals surface area contributed by atoms with E-state index in [9.17, 15) is 43.2 Å². The van der Waals surface area contributed by atoms with Crippen LogP contribution in [0.1, 0.15) is 388 Å². The van der Waals surface area contributed by atoms with Gasteiger partial charge in [0.2, 0.25) is 0 Å². The van der Waals surface area contributed by atoms with Crippen LogP contribution in [0, 0.1) is 5.92 Å². The zero-order valence-electron chi connectivity index (χ0n) is 60.4. The van der Waals surface area contributed by atoms with E-state index in [1.807, 2.05) is 0 Å². The quantitative estimate of drug-likeness (QED) is 0.0222. The summed E-state index contributed by atoms with van der Waals surface area (Å²) >= 11 is 0. The number of unbranched alkanes of at least 4 members (excludes halogenated alkanes) is 46. The second-order valence-corrected chi connectivity index (χ2v) is 30.1. The Labute approximate surface area is 568 Å². The molecule has 3 N–H and O–H groups in total. The Morgan fingerprint density at radius 2 is 0.495 bits per heavy atom. The van der Waals surface area contributed by atoms with E-state index in [1.54, 1.807) is 0 Å². The number of carbonyl (C=O) groups excluding carboxylic acids is 4. The number of carbonyl (C=O) groups is 4. The lowest BCUT2D eigenvalue weighted by Crippen LogP contribution is -2.30. The monoisotopic (exact) mass is 1370 g/mol. The Balaban J connectivity index is 5.19. The summed E-state index contributed by atoms with van der Waals surface area (Å²) in [6.45, 7) is 7.26. The first kappa shape index (κ1) is 91.1. The van der Waals surface area contributed by atoms with Crippen LogP contribution in [0.5, 0.6) is 0 Å². The van der Waals surface area contributed by atoms with Gasteiger partial charge in [0.05, 0.1) is 26.4 Å². The van der Waals surface area contributed by atoms with Gasteiger partial charge in [-0.3, -0.25) is 37.3 Å². The number of phosphoric acid groups is 2. The lowest BCUT2D eigenvalue weighted by atomic mass is 10.0. The van der Waals surface area contributed by atoms with Gasteiger partial charge in [-0.2, -0.15) is 0 Å². The predicted octanol–water partition coefficient (Wildman–Crippen LogP) is 21.7.